The van der Waals surface area contributed by atoms with Gasteiger partial charge in [-0.15, -0.1) is 6.58 Å². The van der Waals surface area contributed by atoms with E-state index in [4.69, 9.17) is 4.74 Å². The largest absolute Gasteiger partial charge is 0.437 e. The molecule has 1 saturated heterocycles. The minimum atomic E-state index is -0.667. The highest BCUT2D eigenvalue weighted by Crippen LogP contribution is 2.39. The summed E-state index contributed by atoms with van der Waals surface area (Å²) < 4.78 is 7.60. The Kier molecular flexibility index (Phi) is 5.99. The van der Waals surface area contributed by atoms with Crippen molar-refractivity contribution in [3.05, 3.63) is 107 Å². The fourth-order valence-corrected chi connectivity index (χ4v) is 4.32. The molecular formula is C27H28N2O3. The van der Waals surface area contributed by atoms with Crippen molar-refractivity contribution in [2.75, 3.05) is 6.54 Å². The number of aryl methyl sites for hydroxylation is 1. The number of nitrogens with zero attached hydrogens (tertiary/aromatic N) is 2. The topological polar surface area (TPSA) is 51.5 Å². The molecule has 0 radical (unpaired) electrons. The first-order valence-corrected chi connectivity index (χ1v) is 10.9. The van der Waals surface area contributed by atoms with Gasteiger partial charge in [0.05, 0.1) is 6.04 Å². The number of benzene rings is 2. The first-order valence-electron chi connectivity index (χ1n) is 10.9. The summed E-state index contributed by atoms with van der Waals surface area (Å²) in [6.45, 7) is 6.48. The van der Waals surface area contributed by atoms with Gasteiger partial charge < -0.3 is 14.2 Å². The van der Waals surface area contributed by atoms with Crippen molar-refractivity contribution in [1.82, 2.24) is 9.47 Å². The molecule has 2 aromatic carbocycles. The van der Waals surface area contributed by atoms with Crippen molar-refractivity contribution in [1.29, 1.82) is 0 Å². The molecule has 0 aliphatic carbocycles. The van der Waals surface area contributed by atoms with E-state index in [0.29, 0.717) is 19.4 Å². The number of aromatic nitrogens is 1. The van der Waals surface area contributed by atoms with E-state index in [9.17, 15) is 9.59 Å². The number of carbonyl (C=O) groups is 1. The van der Waals surface area contributed by atoms with E-state index in [-0.39, 0.29) is 17.7 Å². The highest BCUT2D eigenvalue weighted by atomic mass is 16.6. The molecule has 0 saturated carbocycles. The second kappa shape index (κ2) is 8.87. The van der Waals surface area contributed by atoms with Crippen molar-refractivity contribution in [3.63, 3.8) is 0 Å². The SMILES string of the molecule is C=CC[C@]1(c2ccccc2)CCN([C@@H](C)c2ccc(-c3ccn(C)c(=O)c3)cc2)C(=O)O1. The van der Waals surface area contributed by atoms with Gasteiger partial charge in [0, 0.05) is 38.7 Å². The molecule has 0 N–H and O–H groups in total. The van der Waals surface area contributed by atoms with Gasteiger partial charge in [-0.2, -0.15) is 0 Å². The predicted molar refractivity (Wildman–Crippen MR) is 126 cm³/mol. The lowest BCUT2D eigenvalue weighted by Crippen LogP contribution is -2.48. The number of rotatable bonds is 6. The van der Waals surface area contributed by atoms with E-state index < -0.39 is 5.60 Å². The minimum absolute atomic E-state index is 0.0440. The van der Waals surface area contributed by atoms with Gasteiger partial charge in [-0.05, 0) is 35.2 Å². The molecule has 164 valence electrons. The zero-order valence-corrected chi connectivity index (χ0v) is 18.5. The predicted octanol–water partition coefficient (Wildman–Crippen LogP) is 5.43. The van der Waals surface area contributed by atoms with Crippen LogP contribution < -0.4 is 5.56 Å². The van der Waals surface area contributed by atoms with Crippen LogP contribution >= 0.6 is 0 Å². The van der Waals surface area contributed by atoms with E-state index in [2.05, 4.69) is 6.58 Å². The summed E-state index contributed by atoms with van der Waals surface area (Å²) in [5.41, 5.74) is 3.15. The highest BCUT2D eigenvalue weighted by Gasteiger charge is 2.42. The summed E-state index contributed by atoms with van der Waals surface area (Å²) in [6.07, 6.45) is 4.54. The van der Waals surface area contributed by atoms with Gasteiger partial charge in [-0.3, -0.25) is 4.79 Å². The molecule has 1 aliphatic heterocycles. The van der Waals surface area contributed by atoms with E-state index >= 15 is 0 Å². The summed E-state index contributed by atoms with van der Waals surface area (Å²) in [7, 11) is 1.73. The number of hydrogen-bond donors (Lipinski definition) is 0. The number of ether oxygens (including phenoxy) is 1. The van der Waals surface area contributed by atoms with Crippen molar-refractivity contribution in [2.45, 2.75) is 31.4 Å². The molecule has 3 aromatic rings. The second-order valence-electron chi connectivity index (χ2n) is 8.33. The standard InChI is InChI=1S/C27H28N2O3/c1-4-15-27(24-8-6-5-7-9-24)16-18-29(26(31)32-27)20(2)21-10-12-22(13-11-21)23-14-17-28(3)25(30)19-23/h4-14,17,19-20H,1,15-16,18H2,2-3H3/t20-,27+/m0/s1. The molecule has 2 heterocycles. The quantitative estimate of drug-likeness (QED) is 0.492. The van der Waals surface area contributed by atoms with E-state index in [0.717, 1.165) is 22.3 Å². The van der Waals surface area contributed by atoms with E-state index in [1.807, 2.05) is 73.7 Å². The average Bonchev–Trinajstić information content (AvgIpc) is 2.81. The van der Waals surface area contributed by atoms with Crippen LogP contribution in [0.2, 0.25) is 0 Å². The number of carbonyl (C=O) groups excluding carboxylic acids is 1. The van der Waals surface area contributed by atoms with Crippen molar-refractivity contribution >= 4 is 6.09 Å². The molecule has 2 atom stereocenters. The Morgan fingerprint density at radius 2 is 1.78 bits per heavy atom. The minimum Gasteiger partial charge on any atom is -0.437 e. The van der Waals surface area contributed by atoms with Gasteiger partial charge in [-0.25, -0.2) is 4.79 Å². The maximum absolute atomic E-state index is 13.1. The lowest BCUT2D eigenvalue weighted by molar-refractivity contribution is -0.0588. The van der Waals surface area contributed by atoms with Crippen molar-refractivity contribution in [2.24, 2.45) is 7.05 Å². The zero-order chi connectivity index (χ0) is 22.7. The Bertz CT molecular complexity index is 1170. The molecule has 1 aliphatic rings. The van der Waals surface area contributed by atoms with Gasteiger partial charge in [0.1, 0.15) is 5.60 Å². The van der Waals surface area contributed by atoms with Crippen molar-refractivity contribution in [3.8, 4) is 11.1 Å². The molecular weight excluding hydrogens is 400 g/mol. The number of pyridine rings is 1. The summed E-state index contributed by atoms with van der Waals surface area (Å²) in [5, 5.41) is 0. The Labute approximate surface area is 188 Å². The van der Waals surface area contributed by atoms with Crippen LogP contribution in [-0.4, -0.2) is 22.1 Å². The van der Waals surface area contributed by atoms with Crippen LogP contribution in [0, 0.1) is 0 Å². The molecule has 0 unspecified atom stereocenters. The van der Waals surface area contributed by atoms with Gasteiger partial charge in [-0.1, -0.05) is 60.7 Å². The fraction of sp³-hybridized carbons (Fsp3) is 0.259. The summed E-state index contributed by atoms with van der Waals surface area (Å²) in [4.78, 5) is 26.8. The van der Waals surface area contributed by atoms with Crippen LogP contribution in [0.15, 0.2) is 90.4 Å². The zero-order valence-electron chi connectivity index (χ0n) is 18.5. The van der Waals surface area contributed by atoms with Crippen LogP contribution in [0.25, 0.3) is 11.1 Å². The number of amides is 1. The van der Waals surface area contributed by atoms with Crippen molar-refractivity contribution < 1.29 is 9.53 Å². The lowest BCUT2D eigenvalue weighted by atomic mass is 9.85. The Balaban J connectivity index is 1.52. The molecule has 4 rings (SSSR count). The van der Waals surface area contributed by atoms with E-state index in [1.54, 1.807) is 28.8 Å². The fourth-order valence-electron chi connectivity index (χ4n) is 4.32. The van der Waals surface area contributed by atoms with Gasteiger partial charge in [0.2, 0.25) is 0 Å². The third-order valence-corrected chi connectivity index (χ3v) is 6.35. The first-order chi connectivity index (χ1) is 15.4. The van der Waals surface area contributed by atoms with Crippen LogP contribution in [0.4, 0.5) is 4.79 Å². The molecule has 5 heteroatoms. The molecule has 1 amide bonds. The van der Waals surface area contributed by atoms with E-state index in [1.165, 1.54) is 0 Å². The molecule has 0 bridgehead atoms. The lowest BCUT2D eigenvalue weighted by Gasteiger charge is -2.43. The maximum Gasteiger partial charge on any atom is 0.411 e. The number of cyclic esters (lactones) is 1. The van der Waals surface area contributed by atoms with Gasteiger partial charge in [0.15, 0.2) is 0 Å². The Hall–Kier alpha value is -3.60. The Morgan fingerprint density at radius 3 is 2.41 bits per heavy atom. The van der Waals surface area contributed by atoms with Crippen LogP contribution in [-0.2, 0) is 17.4 Å². The molecule has 5 nitrogen and oxygen atoms in total. The number of hydrogen-bond acceptors (Lipinski definition) is 3. The highest BCUT2D eigenvalue weighted by molar-refractivity contribution is 5.70. The second-order valence-corrected chi connectivity index (χ2v) is 8.33. The third kappa shape index (κ3) is 4.11. The summed E-state index contributed by atoms with van der Waals surface area (Å²) in [5.74, 6) is 0. The van der Waals surface area contributed by atoms with Gasteiger partial charge >= 0.3 is 6.09 Å². The molecule has 1 fully saturated rings. The van der Waals surface area contributed by atoms with Gasteiger partial charge in [0.25, 0.3) is 5.56 Å². The average molecular weight is 429 g/mol. The third-order valence-electron chi connectivity index (χ3n) is 6.35. The normalized spacial score (nSPS) is 19.3. The van der Waals surface area contributed by atoms with Crippen LogP contribution in [0.3, 0.4) is 0 Å². The van der Waals surface area contributed by atoms with Crippen LogP contribution in [0.5, 0.6) is 0 Å². The summed E-state index contributed by atoms with van der Waals surface area (Å²) >= 11 is 0. The molecule has 0 spiro atoms. The molecule has 1 aromatic heterocycles. The smallest absolute Gasteiger partial charge is 0.411 e. The Morgan fingerprint density at radius 1 is 1.06 bits per heavy atom. The molecule has 32 heavy (non-hydrogen) atoms. The maximum atomic E-state index is 13.1. The van der Waals surface area contributed by atoms with Crippen LogP contribution in [0.1, 0.15) is 36.9 Å². The monoisotopic (exact) mass is 428 g/mol. The summed E-state index contributed by atoms with van der Waals surface area (Å²) in [6, 6.07) is 21.3. The first kappa shape index (κ1) is 21.6.